The van der Waals surface area contributed by atoms with E-state index < -0.39 is 0 Å². The number of hydrogen-bond acceptors (Lipinski definition) is 5. The molecule has 302 valence electrons. The minimum atomic E-state index is 0.654. The first-order valence-corrected chi connectivity index (χ1v) is 23.7. The second-order valence-corrected chi connectivity index (χ2v) is 19.0. The van der Waals surface area contributed by atoms with E-state index in [-0.39, 0.29) is 0 Å². The van der Waals surface area contributed by atoms with Gasteiger partial charge in [-0.15, -0.1) is 22.7 Å². The molecular formula is C59H39N3S2. The highest BCUT2D eigenvalue weighted by Crippen LogP contribution is 2.48. The van der Waals surface area contributed by atoms with Gasteiger partial charge in [0.25, 0.3) is 0 Å². The predicted octanol–water partition coefficient (Wildman–Crippen LogP) is 16.5. The summed E-state index contributed by atoms with van der Waals surface area (Å²) in [6.45, 7) is 0. The molecule has 3 heterocycles. The Morgan fingerprint density at radius 3 is 1.58 bits per heavy atom. The van der Waals surface area contributed by atoms with E-state index in [0.717, 1.165) is 47.9 Å². The van der Waals surface area contributed by atoms with Crippen LogP contribution in [-0.2, 0) is 12.8 Å². The third-order valence-corrected chi connectivity index (χ3v) is 15.4. The first-order chi connectivity index (χ1) is 31.7. The van der Waals surface area contributed by atoms with E-state index in [4.69, 9.17) is 15.0 Å². The molecule has 5 heteroatoms. The topological polar surface area (TPSA) is 38.7 Å². The average Bonchev–Trinajstić information content (AvgIpc) is 3.94. The molecule has 0 N–H and O–H groups in total. The van der Waals surface area contributed by atoms with Gasteiger partial charge in [0.05, 0.1) is 0 Å². The molecule has 0 atom stereocenters. The van der Waals surface area contributed by atoms with E-state index in [2.05, 4.69) is 170 Å². The molecule has 0 saturated heterocycles. The zero-order valence-corrected chi connectivity index (χ0v) is 36.5. The van der Waals surface area contributed by atoms with Crippen molar-refractivity contribution in [2.75, 3.05) is 0 Å². The van der Waals surface area contributed by atoms with Crippen LogP contribution < -0.4 is 0 Å². The number of benzene rings is 8. The van der Waals surface area contributed by atoms with Gasteiger partial charge in [-0.3, -0.25) is 0 Å². The van der Waals surface area contributed by atoms with E-state index in [9.17, 15) is 0 Å². The van der Waals surface area contributed by atoms with Crippen LogP contribution in [0.5, 0.6) is 0 Å². The average molecular weight is 854 g/mol. The molecule has 0 fully saturated rings. The van der Waals surface area contributed by atoms with Crippen molar-refractivity contribution < 1.29 is 0 Å². The standard InChI is InChI=1S/C59H39N3S2/c1-3-14-37(15-4-1)54-46-21-9-7-18-43(46)44-19-8-10-22-47(44)55(54)40-30-32-52-49(34-40)56-42(23-13-25-53(56)64-52)36-26-28-39(29-27-36)58-60-57(38-16-5-2-6-17-38)61-59(62-58)41-31-33-51-48(35-41)45-20-11-12-24-50(45)63-51/h1-6,9-17,20-35H,7-8,18-19H2. The Labute approximate surface area is 379 Å². The lowest BCUT2D eigenvalue weighted by atomic mass is 9.76. The second-order valence-electron chi connectivity index (χ2n) is 16.8. The summed E-state index contributed by atoms with van der Waals surface area (Å²) in [6.07, 6.45) is 13.9. The van der Waals surface area contributed by atoms with Crippen molar-refractivity contribution in [1.29, 1.82) is 0 Å². The molecule has 0 radical (unpaired) electrons. The van der Waals surface area contributed by atoms with Gasteiger partial charge in [0.2, 0.25) is 0 Å². The minimum Gasteiger partial charge on any atom is -0.208 e. The van der Waals surface area contributed by atoms with Crippen LogP contribution in [0.15, 0.2) is 176 Å². The number of rotatable bonds is 6. The summed E-state index contributed by atoms with van der Waals surface area (Å²) in [5, 5.41) is 5.07. The van der Waals surface area contributed by atoms with E-state index in [1.165, 1.54) is 90.4 Å². The zero-order valence-electron chi connectivity index (χ0n) is 34.9. The highest BCUT2D eigenvalue weighted by Gasteiger charge is 2.26. The maximum absolute atomic E-state index is 5.15. The summed E-state index contributed by atoms with van der Waals surface area (Å²) >= 11 is 3.69. The molecule has 0 spiro atoms. The third-order valence-electron chi connectivity index (χ3n) is 13.1. The number of thiophene rings is 2. The lowest BCUT2D eigenvalue weighted by molar-refractivity contribution is 0.907. The summed E-state index contributed by atoms with van der Waals surface area (Å²) in [6, 6.07) is 59.2. The van der Waals surface area contributed by atoms with Gasteiger partial charge >= 0.3 is 0 Å². The van der Waals surface area contributed by atoms with Crippen molar-refractivity contribution in [3.05, 3.63) is 198 Å². The first-order valence-electron chi connectivity index (χ1n) is 22.1. The fraction of sp³-hybridized carbons (Fsp3) is 0.0678. The quantitative estimate of drug-likeness (QED) is 0.167. The number of aromatic nitrogens is 3. The summed E-state index contributed by atoms with van der Waals surface area (Å²) in [7, 11) is 0. The van der Waals surface area contributed by atoms with Gasteiger partial charge in [-0.2, -0.15) is 0 Å². The summed E-state index contributed by atoms with van der Waals surface area (Å²) < 4.78 is 5.12. The van der Waals surface area contributed by atoms with E-state index in [1.807, 2.05) is 40.9 Å². The van der Waals surface area contributed by atoms with Crippen LogP contribution in [0.2, 0.25) is 0 Å². The Bertz CT molecular complexity index is 3710. The van der Waals surface area contributed by atoms with E-state index in [1.54, 1.807) is 0 Å². The Morgan fingerprint density at radius 1 is 0.359 bits per heavy atom. The molecule has 11 aromatic rings. The SMILES string of the molecule is C1=Cc2c(c3c(c(-c4ccc5sc6cccc(-c7ccc(-c8nc(-c9ccccc9)nc(-c9ccc%10sc%11ccccc%11c%10c9)n8)cc7)c6c5c4)c2-c2ccccc2)C=CCC3)CC1. The molecule has 2 aliphatic carbocycles. The second kappa shape index (κ2) is 15.2. The highest BCUT2D eigenvalue weighted by atomic mass is 32.1. The highest BCUT2D eigenvalue weighted by molar-refractivity contribution is 7.26. The van der Waals surface area contributed by atoms with Crippen LogP contribution in [-0.4, -0.2) is 15.0 Å². The van der Waals surface area contributed by atoms with Crippen LogP contribution in [0.1, 0.15) is 35.1 Å². The van der Waals surface area contributed by atoms with E-state index in [0.29, 0.717) is 17.5 Å². The van der Waals surface area contributed by atoms with Crippen molar-refractivity contribution in [3.8, 4) is 67.5 Å². The number of fused-ring (bicyclic) bond motifs is 9. The molecule has 8 aromatic carbocycles. The van der Waals surface area contributed by atoms with E-state index >= 15 is 0 Å². The predicted molar refractivity (Wildman–Crippen MR) is 273 cm³/mol. The van der Waals surface area contributed by atoms with Crippen molar-refractivity contribution in [1.82, 2.24) is 15.0 Å². The van der Waals surface area contributed by atoms with Crippen molar-refractivity contribution in [2.24, 2.45) is 0 Å². The van der Waals surface area contributed by atoms with Gasteiger partial charge < -0.3 is 0 Å². The van der Waals surface area contributed by atoms with Crippen LogP contribution in [0.4, 0.5) is 0 Å². The maximum Gasteiger partial charge on any atom is 0.164 e. The van der Waals surface area contributed by atoms with Gasteiger partial charge in [-0.25, -0.2) is 15.0 Å². The molecule has 3 nitrogen and oxygen atoms in total. The molecule has 13 rings (SSSR count). The molecular weight excluding hydrogens is 815 g/mol. The first kappa shape index (κ1) is 37.3. The lowest BCUT2D eigenvalue weighted by Gasteiger charge is -2.28. The molecule has 0 bridgehead atoms. The van der Waals surface area contributed by atoms with Crippen LogP contribution in [0.25, 0.3) is 120 Å². The van der Waals surface area contributed by atoms with Gasteiger partial charge in [0, 0.05) is 57.0 Å². The minimum absolute atomic E-state index is 0.654. The monoisotopic (exact) mass is 853 g/mol. The molecule has 0 saturated carbocycles. The Hall–Kier alpha value is -7.31. The summed E-state index contributed by atoms with van der Waals surface area (Å²) in [5.41, 5.74) is 16.4. The van der Waals surface area contributed by atoms with Crippen molar-refractivity contribution >= 4 is 75.2 Å². The smallest absolute Gasteiger partial charge is 0.164 e. The fourth-order valence-corrected chi connectivity index (χ4v) is 12.3. The molecule has 0 amide bonds. The number of allylic oxidation sites excluding steroid dienone is 2. The van der Waals surface area contributed by atoms with Crippen LogP contribution in [0.3, 0.4) is 0 Å². The molecule has 2 aliphatic rings. The zero-order chi connectivity index (χ0) is 42.1. The van der Waals surface area contributed by atoms with Crippen LogP contribution >= 0.6 is 22.7 Å². The summed E-state index contributed by atoms with van der Waals surface area (Å²) in [5.74, 6) is 1.98. The largest absolute Gasteiger partial charge is 0.208 e. The van der Waals surface area contributed by atoms with Gasteiger partial charge in [0.1, 0.15) is 0 Å². The number of hydrogen-bond donors (Lipinski definition) is 0. The van der Waals surface area contributed by atoms with Crippen molar-refractivity contribution in [3.63, 3.8) is 0 Å². The van der Waals surface area contributed by atoms with Gasteiger partial charge in [-0.1, -0.05) is 146 Å². The Kier molecular flexibility index (Phi) is 8.85. The maximum atomic E-state index is 5.15. The summed E-state index contributed by atoms with van der Waals surface area (Å²) in [4.78, 5) is 15.3. The molecule has 3 aromatic heterocycles. The number of nitrogens with zero attached hydrogens (tertiary/aromatic N) is 3. The van der Waals surface area contributed by atoms with Gasteiger partial charge in [-0.05, 0) is 124 Å². The lowest BCUT2D eigenvalue weighted by Crippen LogP contribution is -2.09. The fourth-order valence-electron chi connectivity index (χ4n) is 10.1. The van der Waals surface area contributed by atoms with Gasteiger partial charge in [0.15, 0.2) is 17.5 Å². The normalized spacial score (nSPS) is 13.2. The Balaban J connectivity index is 0.939. The molecule has 64 heavy (non-hydrogen) atoms. The van der Waals surface area contributed by atoms with Crippen molar-refractivity contribution in [2.45, 2.75) is 25.7 Å². The Morgan fingerprint density at radius 2 is 0.859 bits per heavy atom. The third kappa shape index (κ3) is 6.18. The molecule has 0 unspecified atom stereocenters. The van der Waals surface area contributed by atoms with Crippen LogP contribution in [0, 0.1) is 0 Å². The molecule has 0 aliphatic heterocycles.